The number of fused-ring (bicyclic) bond motifs is 1. The SMILES string of the molecule is COc1cc2c(Oc3ccc(NC(=O)c4nn(-c5ccc(Br)cc5)c(=O)n(C)c4=O)cc3F)ccnc2cc1OCCCN1CCCCC1. The second-order valence-corrected chi connectivity index (χ2v) is 12.4. The molecule has 12 nitrogen and oxygen atoms in total. The molecule has 0 bridgehead atoms. The fraction of sp³-hybridized carbons (Fsp3) is 0.286. The van der Waals surface area contributed by atoms with Gasteiger partial charge in [0.1, 0.15) is 5.75 Å². The van der Waals surface area contributed by atoms with E-state index in [9.17, 15) is 14.4 Å². The first-order valence-electron chi connectivity index (χ1n) is 15.8. The molecule has 0 unspecified atom stereocenters. The normalized spacial score (nSPS) is 13.3. The molecule has 0 spiro atoms. The highest BCUT2D eigenvalue weighted by Gasteiger charge is 2.20. The van der Waals surface area contributed by atoms with Gasteiger partial charge >= 0.3 is 5.69 Å². The first kappa shape index (κ1) is 33.8. The Morgan fingerprint density at radius 3 is 2.47 bits per heavy atom. The number of piperidine rings is 1. The van der Waals surface area contributed by atoms with Crippen LogP contribution < -0.4 is 30.8 Å². The van der Waals surface area contributed by atoms with Crippen molar-refractivity contribution in [3.05, 3.63) is 104 Å². The molecule has 1 fully saturated rings. The smallest absolute Gasteiger partial charge is 0.351 e. The first-order valence-corrected chi connectivity index (χ1v) is 16.6. The van der Waals surface area contributed by atoms with Gasteiger partial charge in [-0.15, -0.1) is 0 Å². The van der Waals surface area contributed by atoms with E-state index in [1.165, 1.54) is 38.4 Å². The predicted octanol–water partition coefficient (Wildman–Crippen LogP) is 5.69. The highest BCUT2D eigenvalue weighted by Crippen LogP contribution is 2.38. The predicted molar refractivity (Wildman–Crippen MR) is 186 cm³/mol. The Bertz CT molecular complexity index is 2110. The van der Waals surface area contributed by atoms with Crippen LogP contribution in [-0.2, 0) is 7.05 Å². The Morgan fingerprint density at radius 2 is 1.73 bits per heavy atom. The van der Waals surface area contributed by atoms with Crippen LogP contribution in [0.1, 0.15) is 36.2 Å². The number of pyridine rings is 1. The Balaban J connectivity index is 1.17. The average Bonchev–Trinajstić information content (AvgIpc) is 3.11. The Hall–Kier alpha value is -5.08. The topological polar surface area (TPSA) is 130 Å². The Kier molecular flexibility index (Phi) is 10.3. The van der Waals surface area contributed by atoms with E-state index in [-0.39, 0.29) is 11.4 Å². The van der Waals surface area contributed by atoms with Crippen molar-refractivity contribution in [3.63, 3.8) is 0 Å². The van der Waals surface area contributed by atoms with Crippen LogP contribution in [0.2, 0.25) is 0 Å². The summed E-state index contributed by atoms with van der Waals surface area (Å²) in [4.78, 5) is 45.5. The van der Waals surface area contributed by atoms with Gasteiger partial charge in [0.15, 0.2) is 23.1 Å². The van der Waals surface area contributed by atoms with Gasteiger partial charge in [0, 0.05) is 47.5 Å². The summed E-state index contributed by atoms with van der Waals surface area (Å²) in [5.74, 6) is -0.423. The van der Waals surface area contributed by atoms with Gasteiger partial charge in [-0.1, -0.05) is 22.4 Å². The van der Waals surface area contributed by atoms with Gasteiger partial charge in [-0.3, -0.25) is 19.1 Å². The molecule has 1 saturated heterocycles. The van der Waals surface area contributed by atoms with Crippen molar-refractivity contribution < 1.29 is 23.4 Å². The van der Waals surface area contributed by atoms with Crippen molar-refractivity contribution in [2.24, 2.45) is 7.05 Å². The number of hydrogen-bond donors (Lipinski definition) is 1. The molecule has 14 heteroatoms. The third-order valence-corrected chi connectivity index (χ3v) is 8.71. The number of halogens is 2. The minimum absolute atomic E-state index is 0.0448. The molecule has 49 heavy (non-hydrogen) atoms. The quantitative estimate of drug-likeness (QED) is 0.170. The number of carbonyl (C=O) groups is 1. The zero-order valence-corrected chi connectivity index (χ0v) is 28.5. The monoisotopic (exact) mass is 732 g/mol. The summed E-state index contributed by atoms with van der Waals surface area (Å²) < 4.78 is 35.5. The van der Waals surface area contributed by atoms with E-state index in [0.29, 0.717) is 40.4 Å². The van der Waals surface area contributed by atoms with Crippen molar-refractivity contribution in [1.29, 1.82) is 0 Å². The fourth-order valence-corrected chi connectivity index (χ4v) is 5.84. The molecule has 0 atom stereocenters. The van der Waals surface area contributed by atoms with Crippen LogP contribution >= 0.6 is 15.9 Å². The van der Waals surface area contributed by atoms with Crippen LogP contribution in [-0.4, -0.2) is 63.5 Å². The van der Waals surface area contributed by atoms with Gasteiger partial charge in [-0.2, -0.15) is 9.78 Å². The highest BCUT2D eigenvalue weighted by atomic mass is 79.9. The van der Waals surface area contributed by atoms with Gasteiger partial charge in [0.25, 0.3) is 11.5 Å². The number of likely N-dealkylation sites (tertiary alicyclic amines) is 1. The van der Waals surface area contributed by atoms with Crippen LogP contribution in [0.3, 0.4) is 0 Å². The van der Waals surface area contributed by atoms with Crippen LogP contribution in [0.15, 0.2) is 80.9 Å². The van der Waals surface area contributed by atoms with E-state index in [1.54, 1.807) is 55.8 Å². The van der Waals surface area contributed by atoms with Crippen molar-refractivity contribution in [1.82, 2.24) is 24.2 Å². The van der Waals surface area contributed by atoms with Crippen LogP contribution in [0.25, 0.3) is 16.6 Å². The number of rotatable bonds is 11. The van der Waals surface area contributed by atoms with Gasteiger partial charge in [0.05, 0.1) is 24.9 Å². The number of anilines is 1. The van der Waals surface area contributed by atoms with Crippen LogP contribution in [0, 0.1) is 5.82 Å². The number of carbonyl (C=O) groups excluding carboxylic acids is 1. The number of amides is 1. The van der Waals surface area contributed by atoms with Gasteiger partial charge in [-0.05, 0) is 80.9 Å². The van der Waals surface area contributed by atoms with E-state index in [2.05, 4.69) is 36.2 Å². The summed E-state index contributed by atoms with van der Waals surface area (Å²) in [6.45, 7) is 3.78. The lowest BCUT2D eigenvalue weighted by Gasteiger charge is -2.26. The van der Waals surface area contributed by atoms with Gasteiger partial charge in [-0.25, -0.2) is 9.18 Å². The molecule has 0 saturated carbocycles. The molecule has 254 valence electrons. The summed E-state index contributed by atoms with van der Waals surface area (Å²) in [5, 5.41) is 7.07. The molecule has 1 amide bonds. The second kappa shape index (κ2) is 15.0. The third kappa shape index (κ3) is 7.65. The molecule has 1 aliphatic rings. The molecule has 0 radical (unpaired) electrons. The van der Waals surface area contributed by atoms with Crippen molar-refractivity contribution in [3.8, 4) is 28.7 Å². The van der Waals surface area contributed by atoms with Crippen LogP contribution in [0.4, 0.5) is 10.1 Å². The second-order valence-electron chi connectivity index (χ2n) is 11.5. The minimum Gasteiger partial charge on any atom is -0.493 e. The Morgan fingerprint density at radius 1 is 0.959 bits per heavy atom. The molecule has 5 aromatic rings. The lowest BCUT2D eigenvalue weighted by Crippen LogP contribution is -2.43. The van der Waals surface area contributed by atoms with E-state index < -0.39 is 28.7 Å². The number of ether oxygens (including phenoxy) is 3. The summed E-state index contributed by atoms with van der Waals surface area (Å²) in [7, 11) is 2.79. The van der Waals surface area contributed by atoms with Crippen molar-refractivity contribution >= 4 is 38.4 Å². The lowest BCUT2D eigenvalue weighted by atomic mass is 10.1. The molecule has 3 heterocycles. The van der Waals surface area contributed by atoms with Gasteiger partial charge < -0.3 is 24.4 Å². The Labute approximate surface area is 289 Å². The third-order valence-electron chi connectivity index (χ3n) is 8.18. The first-order chi connectivity index (χ1) is 23.7. The maximum Gasteiger partial charge on any atom is 0.351 e. The molecular formula is C35H34BrFN6O6. The van der Waals surface area contributed by atoms with E-state index >= 15 is 4.39 Å². The van der Waals surface area contributed by atoms with Crippen molar-refractivity contribution in [2.45, 2.75) is 25.7 Å². The minimum atomic E-state index is -0.920. The number of benzene rings is 3. The highest BCUT2D eigenvalue weighted by molar-refractivity contribution is 9.10. The molecule has 1 aliphatic heterocycles. The fourth-order valence-electron chi connectivity index (χ4n) is 5.58. The average molecular weight is 734 g/mol. The molecule has 0 aliphatic carbocycles. The maximum absolute atomic E-state index is 15.3. The number of hydrogen-bond acceptors (Lipinski definition) is 9. The molecule has 3 aromatic carbocycles. The number of methoxy groups -OCH3 is 1. The summed E-state index contributed by atoms with van der Waals surface area (Å²) in [6.07, 6.45) is 6.23. The van der Waals surface area contributed by atoms with Crippen LogP contribution in [0.5, 0.6) is 23.0 Å². The van der Waals surface area contributed by atoms with E-state index in [0.717, 1.165) is 45.8 Å². The van der Waals surface area contributed by atoms with E-state index in [1.807, 2.05) is 0 Å². The standard InChI is InChI=1S/C35H34BrFN6O6/c1-41-34(45)32(40-43(35(41)46)24-10-7-22(36)8-11-24)33(44)39-23-9-12-29(26(37)19-23)49-28-13-14-38-27-21-31(30(47-2)20-25(27)28)48-18-6-17-42-15-4-3-5-16-42/h7-14,19-21H,3-6,15-18H2,1-2H3,(H,39,44). The maximum atomic E-state index is 15.3. The van der Waals surface area contributed by atoms with Crippen molar-refractivity contribution in [2.75, 3.05) is 38.7 Å². The summed E-state index contributed by atoms with van der Waals surface area (Å²) in [5.41, 5.74) is -1.21. The lowest BCUT2D eigenvalue weighted by molar-refractivity contribution is 0.101. The summed E-state index contributed by atoms with van der Waals surface area (Å²) in [6, 6.07) is 15.5. The zero-order chi connectivity index (χ0) is 34.5. The van der Waals surface area contributed by atoms with E-state index in [4.69, 9.17) is 14.2 Å². The molecule has 6 rings (SSSR count). The number of aromatic nitrogens is 4. The summed E-state index contributed by atoms with van der Waals surface area (Å²) >= 11 is 3.32. The van der Waals surface area contributed by atoms with Gasteiger partial charge in [0.2, 0.25) is 5.69 Å². The molecular weight excluding hydrogens is 699 g/mol. The largest absolute Gasteiger partial charge is 0.493 e. The number of nitrogens with zero attached hydrogens (tertiary/aromatic N) is 5. The number of nitrogens with one attached hydrogen (secondary N) is 1. The zero-order valence-electron chi connectivity index (χ0n) is 26.9. The molecule has 1 N–H and O–H groups in total. The molecule has 2 aromatic heterocycles.